The second-order valence-corrected chi connectivity index (χ2v) is 6.61. The maximum atomic E-state index is 11.6. The molecule has 0 bridgehead atoms. The number of aliphatic hydroxyl groups is 1. The van der Waals surface area contributed by atoms with Gasteiger partial charge in [-0.2, -0.15) is 0 Å². The Morgan fingerprint density at radius 2 is 1.79 bits per heavy atom. The molecule has 148 valence electrons. The first kappa shape index (κ1) is 14.8. The van der Waals surface area contributed by atoms with Gasteiger partial charge in [0, 0.05) is 42.5 Å². The third kappa shape index (κ3) is 4.67. The van der Waals surface area contributed by atoms with E-state index in [9.17, 15) is 4.79 Å². The molecule has 1 aliphatic heterocycles. The van der Waals surface area contributed by atoms with Crippen molar-refractivity contribution in [2.45, 2.75) is 6.42 Å². The number of benzene rings is 2. The van der Waals surface area contributed by atoms with E-state index >= 15 is 0 Å². The summed E-state index contributed by atoms with van der Waals surface area (Å²) < 4.78 is 36.1. The molecule has 6 heteroatoms. The van der Waals surface area contributed by atoms with Crippen LogP contribution in [0.25, 0.3) is 11.3 Å². The highest BCUT2D eigenvalue weighted by molar-refractivity contribution is 5.97. The largest absolute Gasteiger partial charge is 0.388 e. The summed E-state index contributed by atoms with van der Waals surface area (Å²) in [6.07, 6.45) is 2.16. The number of carbonyl (C=O) groups is 1. The second kappa shape index (κ2) is 8.94. The van der Waals surface area contributed by atoms with Gasteiger partial charge in [0.15, 0.2) is 5.78 Å². The summed E-state index contributed by atoms with van der Waals surface area (Å²) in [5.74, 6) is 0.285. The molecule has 0 amide bonds. The van der Waals surface area contributed by atoms with Gasteiger partial charge < -0.3 is 14.7 Å². The lowest BCUT2D eigenvalue weighted by molar-refractivity contribution is 0.0903. The minimum Gasteiger partial charge on any atom is -0.388 e. The van der Waals surface area contributed by atoms with Crippen molar-refractivity contribution in [2.75, 3.05) is 37.7 Å². The lowest BCUT2D eigenvalue weighted by atomic mass is 10.1. The summed E-state index contributed by atoms with van der Waals surface area (Å²) in [6.45, 7) is -4.78. The number of hydrogen-bond donors (Lipinski definition) is 1. The van der Waals surface area contributed by atoms with Crippen LogP contribution in [0, 0.1) is 0 Å². The van der Waals surface area contributed by atoms with Gasteiger partial charge in [-0.15, -0.1) is 0 Å². The average molecular weight is 393 g/mol. The van der Waals surface area contributed by atoms with Crippen molar-refractivity contribution in [3.8, 4) is 11.3 Å². The van der Waals surface area contributed by atoms with Crippen molar-refractivity contribution in [1.82, 2.24) is 9.97 Å². The van der Waals surface area contributed by atoms with Gasteiger partial charge in [0.2, 0.25) is 0 Å². The molecule has 2 aromatic carbocycles. The van der Waals surface area contributed by atoms with Crippen molar-refractivity contribution >= 4 is 11.5 Å². The highest BCUT2D eigenvalue weighted by atomic mass is 16.5. The number of rotatable bonds is 6. The maximum Gasteiger partial charge on any atom is 0.188 e. The summed E-state index contributed by atoms with van der Waals surface area (Å²) in [4.78, 5) is 22.2. The van der Waals surface area contributed by atoms with Crippen LogP contribution < -0.4 is 4.90 Å². The van der Waals surface area contributed by atoms with Gasteiger partial charge in [-0.3, -0.25) is 4.79 Å². The SMILES string of the molecule is [2H]C1([2H])CN(c2ccc(Cc3nccc(-c4ccc(C(=O)CO)cc4)n3)cc2)CC([2H])([2H])O1. The first-order chi connectivity index (χ1) is 15.6. The van der Waals surface area contributed by atoms with E-state index in [-0.39, 0.29) is 18.9 Å². The van der Waals surface area contributed by atoms with Crippen LogP contribution in [-0.4, -0.2) is 53.7 Å². The molecule has 0 saturated carbocycles. The molecule has 1 aliphatic rings. The Hall–Kier alpha value is -3.09. The highest BCUT2D eigenvalue weighted by Crippen LogP contribution is 2.20. The first-order valence-corrected chi connectivity index (χ1v) is 9.25. The van der Waals surface area contributed by atoms with E-state index < -0.39 is 19.7 Å². The Kier molecular flexibility index (Phi) is 4.58. The Morgan fingerprint density at radius 1 is 1.07 bits per heavy atom. The maximum absolute atomic E-state index is 11.6. The molecule has 4 rings (SSSR count). The number of anilines is 1. The molecule has 1 fully saturated rings. The number of aromatic nitrogens is 2. The zero-order chi connectivity index (χ0) is 23.6. The van der Waals surface area contributed by atoms with Gasteiger partial charge in [-0.05, 0) is 23.8 Å². The molecule has 2 heterocycles. The minimum absolute atomic E-state index is 0.0558. The van der Waals surface area contributed by atoms with Gasteiger partial charge >= 0.3 is 0 Å². The van der Waals surface area contributed by atoms with E-state index in [4.69, 9.17) is 15.3 Å². The van der Waals surface area contributed by atoms with Crippen LogP contribution in [0.2, 0.25) is 0 Å². The zero-order valence-corrected chi connectivity index (χ0v) is 15.7. The smallest absolute Gasteiger partial charge is 0.188 e. The van der Waals surface area contributed by atoms with Crippen molar-refractivity contribution in [3.63, 3.8) is 0 Å². The summed E-state index contributed by atoms with van der Waals surface area (Å²) in [5, 5.41) is 8.98. The van der Waals surface area contributed by atoms with Crippen molar-refractivity contribution < 1.29 is 20.1 Å². The van der Waals surface area contributed by atoms with Crippen LogP contribution >= 0.6 is 0 Å². The summed E-state index contributed by atoms with van der Waals surface area (Å²) in [5.41, 5.74) is 3.66. The predicted octanol–water partition coefficient (Wildman–Crippen LogP) is 2.75. The van der Waals surface area contributed by atoms with E-state index in [1.165, 1.54) is 0 Å². The van der Waals surface area contributed by atoms with Crippen LogP contribution in [0.5, 0.6) is 0 Å². The number of Topliss-reactive ketones (excluding diaryl/α,β-unsaturated/α-hetero) is 1. The van der Waals surface area contributed by atoms with Crippen molar-refractivity contribution in [1.29, 1.82) is 0 Å². The monoisotopic (exact) mass is 393 g/mol. The number of carbonyl (C=O) groups excluding carboxylic acids is 1. The summed E-state index contributed by atoms with van der Waals surface area (Å²) >= 11 is 0. The highest BCUT2D eigenvalue weighted by Gasteiger charge is 2.11. The number of hydrogen-bond acceptors (Lipinski definition) is 6. The van der Waals surface area contributed by atoms with Gasteiger partial charge in [0.25, 0.3) is 0 Å². The molecule has 6 nitrogen and oxygen atoms in total. The Bertz CT molecular complexity index is 1120. The Balaban J connectivity index is 1.47. The molecule has 0 unspecified atom stereocenters. The molecule has 0 atom stereocenters. The van der Waals surface area contributed by atoms with Gasteiger partial charge in [-0.25, -0.2) is 9.97 Å². The number of ketones is 1. The van der Waals surface area contributed by atoms with Gasteiger partial charge in [-0.1, -0.05) is 36.4 Å². The van der Waals surface area contributed by atoms with Crippen LogP contribution in [0.4, 0.5) is 5.69 Å². The van der Waals surface area contributed by atoms with E-state index in [1.54, 1.807) is 41.4 Å². The van der Waals surface area contributed by atoms with E-state index in [0.29, 0.717) is 23.5 Å². The number of aliphatic hydroxyl groups excluding tert-OH is 1. The third-order valence-corrected chi connectivity index (χ3v) is 4.67. The van der Waals surface area contributed by atoms with Crippen molar-refractivity contribution in [3.05, 3.63) is 77.7 Å². The van der Waals surface area contributed by atoms with E-state index in [2.05, 4.69) is 9.97 Å². The van der Waals surface area contributed by atoms with E-state index in [0.717, 1.165) is 16.8 Å². The first-order valence-electron chi connectivity index (χ1n) is 11.2. The van der Waals surface area contributed by atoms with Crippen LogP contribution in [-0.2, 0) is 11.2 Å². The molecule has 1 saturated heterocycles. The fraction of sp³-hybridized carbons (Fsp3) is 0.261. The Labute approximate surface area is 175 Å². The molecule has 0 spiro atoms. The molecule has 0 radical (unpaired) electrons. The third-order valence-electron chi connectivity index (χ3n) is 4.67. The van der Waals surface area contributed by atoms with Crippen LogP contribution in [0.1, 0.15) is 27.2 Å². The zero-order valence-electron chi connectivity index (χ0n) is 19.7. The molecule has 3 aromatic rings. The quantitative estimate of drug-likeness (QED) is 0.649. The van der Waals surface area contributed by atoms with E-state index in [1.807, 2.05) is 24.3 Å². The minimum atomic E-state index is -2.07. The number of morpholine rings is 1. The normalized spacial score (nSPS) is 19.6. The standard InChI is InChI=1S/C23H23N3O3/c27-16-22(28)19-5-3-18(4-6-19)21-9-10-24-23(25-21)15-17-1-7-20(8-2-17)26-11-13-29-14-12-26/h1-10,27H,11-16H2/i13D2,14D2. The van der Waals surface area contributed by atoms with Gasteiger partial charge in [0.1, 0.15) is 12.4 Å². The number of ether oxygens (including phenoxy) is 1. The molecular weight excluding hydrogens is 366 g/mol. The fourth-order valence-electron chi connectivity index (χ4n) is 3.08. The number of nitrogens with zero attached hydrogens (tertiary/aromatic N) is 3. The molecule has 29 heavy (non-hydrogen) atoms. The predicted molar refractivity (Wildman–Crippen MR) is 111 cm³/mol. The average Bonchev–Trinajstić information content (AvgIpc) is 2.77. The molecule has 1 aromatic heterocycles. The second-order valence-electron chi connectivity index (χ2n) is 6.61. The Morgan fingerprint density at radius 3 is 2.48 bits per heavy atom. The fourth-order valence-corrected chi connectivity index (χ4v) is 3.08. The van der Waals surface area contributed by atoms with Crippen molar-refractivity contribution in [2.24, 2.45) is 0 Å². The van der Waals surface area contributed by atoms with Crippen LogP contribution in [0.3, 0.4) is 0 Å². The lowest BCUT2D eigenvalue weighted by Gasteiger charge is -2.28. The lowest BCUT2D eigenvalue weighted by Crippen LogP contribution is -2.36. The topological polar surface area (TPSA) is 75.6 Å². The molecule has 1 N–H and O–H groups in total. The summed E-state index contributed by atoms with van der Waals surface area (Å²) in [7, 11) is 0. The molecular formula is C23H23N3O3. The van der Waals surface area contributed by atoms with Gasteiger partial charge in [0.05, 0.1) is 24.3 Å². The summed E-state index contributed by atoms with van der Waals surface area (Å²) in [6, 6.07) is 16.1. The van der Waals surface area contributed by atoms with Crippen LogP contribution in [0.15, 0.2) is 60.8 Å². The molecule has 0 aliphatic carbocycles.